The second-order valence-corrected chi connectivity index (χ2v) is 6.46. The van der Waals surface area contributed by atoms with E-state index in [1.807, 2.05) is 23.9 Å². The summed E-state index contributed by atoms with van der Waals surface area (Å²) in [5.74, 6) is 1.59. The average molecular weight is 315 g/mol. The number of aryl methyl sites for hydroxylation is 2. The smallest absolute Gasteiger partial charge is 0.118 e. The number of hydrogen-bond acceptors (Lipinski definition) is 3. The van der Waals surface area contributed by atoms with Crippen molar-refractivity contribution >= 4 is 5.69 Å². The molecule has 1 atom stereocenters. The van der Waals surface area contributed by atoms with E-state index in [0.717, 1.165) is 30.0 Å². The Kier molecular flexibility index (Phi) is 6.08. The fraction of sp³-hybridized carbons (Fsp3) is 0.526. The van der Waals surface area contributed by atoms with Gasteiger partial charge in [0.05, 0.1) is 24.5 Å². The van der Waals surface area contributed by atoms with Crippen molar-refractivity contribution in [3.05, 3.63) is 41.7 Å². The van der Waals surface area contributed by atoms with E-state index in [4.69, 9.17) is 4.74 Å². The maximum Gasteiger partial charge on any atom is 0.118 e. The molecule has 0 aliphatic carbocycles. The Bertz CT molecular complexity index is 602. The van der Waals surface area contributed by atoms with Crippen LogP contribution >= 0.6 is 0 Å². The molecule has 1 heterocycles. The standard InChI is InChI=1S/C19H29N3O/c1-6-17-19(13-22(4)21-17)20-18(12-7-14(2)3)15-8-10-16(23-5)11-9-15/h8-11,13-14,18,20H,6-7,12H2,1-5H3. The van der Waals surface area contributed by atoms with Gasteiger partial charge in [-0.3, -0.25) is 4.68 Å². The molecule has 0 aliphatic rings. The molecule has 0 aliphatic heterocycles. The Labute approximate surface area is 139 Å². The van der Waals surface area contributed by atoms with Crippen LogP contribution in [0.4, 0.5) is 5.69 Å². The van der Waals surface area contributed by atoms with Gasteiger partial charge in [-0.15, -0.1) is 0 Å². The van der Waals surface area contributed by atoms with Crippen molar-refractivity contribution < 1.29 is 4.74 Å². The highest BCUT2D eigenvalue weighted by molar-refractivity contribution is 5.49. The first kappa shape index (κ1) is 17.4. The van der Waals surface area contributed by atoms with Crippen molar-refractivity contribution in [3.8, 4) is 5.75 Å². The maximum absolute atomic E-state index is 5.27. The van der Waals surface area contributed by atoms with E-state index in [1.54, 1.807) is 7.11 Å². The lowest BCUT2D eigenvalue weighted by Crippen LogP contribution is -2.12. The molecule has 0 saturated heterocycles. The monoisotopic (exact) mass is 315 g/mol. The summed E-state index contributed by atoms with van der Waals surface area (Å²) >= 11 is 0. The number of rotatable bonds is 8. The highest BCUT2D eigenvalue weighted by Crippen LogP contribution is 2.28. The molecule has 2 aromatic rings. The van der Waals surface area contributed by atoms with Gasteiger partial charge < -0.3 is 10.1 Å². The van der Waals surface area contributed by atoms with Gasteiger partial charge in [-0.05, 0) is 42.9 Å². The zero-order valence-corrected chi connectivity index (χ0v) is 15.0. The van der Waals surface area contributed by atoms with E-state index in [9.17, 15) is 0 Å². The van der Waals surface area contributed by atoms with E-state index < -0.39 is 0 Å². The molecule has 0 fully saturated rings. The lowest BCUT2D eigenvalue weighted by molar-refractivity contribution is 0.414. The van der Waals surface area contributed by atoms with Crippen LogP contribution in [0.1, 0.15) is 50.9 Å². The van der Waals surface area contributed by atoms with Gasteiger partial charge in [0.15, 0.2) is 0 Å². The van der Waals surface area contributed by atoms with Crippen molar-refractivity contribution in [1.82, 2.24) is 9.78 Å². The Balaban J connectivity index is 2.21. The molecule has 126 valence electrons. The molecule has 2 rings (SSSR count). The summed E-state index contributed by atoms with van der Waals surface area (Å²) in [5.41, 5.74) is 3.55. The van der Waals surface area contributed by atoms with Gasteiger partial charge in [-0.25, -0.2) is 0 Å². The van der Waals surface area contributed by atoms with Crippen LogP contribution in [0.3, 0.4) is 0 Å². The van der Waals surface area contributed by atoms with Gasteiger partial charge >= 0.3 is 0 Å². The minimum atomic E-state index is 0.290. The number of nitrogens with one attached hydrogen (secondary N) is 1. The summed E-state index contributed by atoms with van der Waals surface area (Å²) < 4.78 is 7.16. The highest BCUT2D eigenvalue weighted by atomic mass is 16.5. The molecule has 1 unspecified atom stereocenters. The number of hydrogen-bond donors (Lipinski definition) is 1. The molecule has 1 aromatic heterocycles. The Hall–Kier alpha value is -1.97. The molecule has 0 radical (unpaired) electrons. The molecule has 4 nitrogen and oxygen atoms in total. The average Bonchev–Trinajstić information content (AvgIpc) is 2.91. The van der Waals surface area contributed by atoms with E-state index in [1.165, 1.54) is 12.0 Å². The first-order valence-electron chi connectivity index (χ1n) is 8.46. The number of nitrogens with zero attached hydrogens (tertiary/aromatic N) is 2. The van der Waals surface area contributed by atoms with Gasteiger partial charge in [0, 0.05) is 13.2 Å². The third-order valence-corrected chi connectivity index (χ3v) is 4.12. The van der Waals surface area contributed by atoms with Gasteiger partial charge in [0.1, 0.15) is 5.75 Å². The second-order valence-electron chi connectivity index (χ2n) is 6.46. The Morgan fingerprint density at radius 3 is 2.43 bits per heavy atom. The molecule has 23 heavy (non-hydrogen) atoms. The van der Waals surface area contributed by atoms with E-state index in [0.29, 0.717) is 5.92 Å². The lowest BCUT2D eigenvalue weighted by atomic mass is 9.97. The van der Waals surface area contributed by atoms with E-state index >= 15 is 0 Å². The minimum absolute atomic E-state index is 0.290. The van der Waals surface area contributed by atoms with Crippen LogP contribution in [0.2, 0.25) is 0 Å². The summed E-state index contributed by atoms with van der Waals surface area (Å²) in [4.78, 5) is 0. The van der Waals surface area contributed by atoms with Crippen LogP contribution in [0.5, 0.6) is 5.75 Å². The van der Waals surface area contributed by atoms with Crippen LogP contribution in [-0.4, -0.2) is 16.9 Å². The molecule has 0 saturated carbocycles. The van der Waals surface area contributed by atoms with Gasteiger partial charge in [-0.1, -0.05) is 32.9 Å². The van der Waals surface area contributed by atoms with Crippen molar-refractivity contribution in [3.63, 3.8) is 0 Å². The largest absolute Gasteiger partial charge is 0.497 e. The minimum Gasteiger partial charge on any atom is -0.497 e. The first-order chi connectivity index (χ1) is 11.0. The normalized spacial score (nSPS) is 12.4. The summed E-state index contributed by atoms with van der Waals surface area (Å²) in [6.07, 6.45) is 5.29. The van der Waals surface area contributed by atoms with Crippen LogP contribution in [0.25, 0.3) is 0 Å². The summed E-state index contributed by atoms with van der Waals surface area (Å²) in [5, 5.41) is 8.24. The molecule has 1 aromatic carbocycles. The summed E-state index contributed by atoms with van der Waals surface area (Å²) in [7, 11) is 3.67. The fourth-order valence-corrected chi connectivity index (χ4v) is 2.76. The maximum atomic E-state index is 5.27. The molecule has 0 bridgehead atoms. The van der Waals surface area contributed by atoms with E-state index in [2.05, 4.69) is 49.5 Å². The van der Waals surface area contributed by atoms with E-state index in [-0.39, 0.29) is 6.04 Å². The zero-order chi connectivity index (χ0) is 16.8. The quantitative estimate of drug-likeness (QED) is 0.775. The third kappa shape index (κ3) is 4.75. The van der Waals surface area contributed by atoms with Crippen LogP contribution in [0, 0.1) is 5.92 Å². The zero-order valence-electron chi connectivity index (χ0n) is 15.0. The van der Waals surface area contributed by atoms with Crippen LogP contribution in [0.15, 0.2) is 30.5 Å². The number of benzene rings is 1. The Morgan fingerprint density at radius 1 is 1.17 bits per heavy atom. The topological polar surface area (TPSA) is 39.1 Å². The molecule has 4 heteroatoms. The molecule has 1 N–H and O–H groups in total. The Morgan fingerprint density at radius 2 is 1.87 bits per heavy atom. The molecule has 0 amide bonds. The molecular weight excluding hydrogens is 286 g/mol. The predicted octanol–water partition coefficient (Wildman–Crippen LogP) is 4.58. The first-order valence-corrected chi connectivity index (χ1v) is 8.46. The summed E-state index contributed by atoms with van der Waals surface area (Å²) in [6, 6.07) is 8.66. The number of aromatic nitrogens is 2. The number of methoxy groups -OCH3 is 1. The van der Waals surface area contributed by atoms with Crippen molar-refractivity contribution in [2.45, 2.75) is 46.1 Å². The number of anilines is 1. The number of ether oxygens (including phenoxy) is 1. The predicted molar refractivity (Wildman–Crippen MR) is 96.0 cm³/mol. The highest BCUT2D eigenvalue weighted by Gasteiger charge is 2.15. The SMILES string of the molecule is CCc1nn(C)cc1NC(CCC(C)C)c1ccc(OC)cc1. The third-order valence-electron chi connectivity index (χ3n) is 4.12. The molecule has 0 spiro atoms. The van der Waals surface area contributed by atoms with Gasteiger partial charge in [-0.2, -0.15) is 5.10 Å². The van der Waals surface area contributed by atoms with Crippen molar-refractivity contribution in [2.75, 3.05) is 12.4 Å². The fourth-order valence-electron chi connectivity index (χ4n) is 2.76. The van der Waals surface area contributed by atoms with Crippen LogP contribution in [-0.2, 0) is 13.5 Å². The lowest BCUT2D eigenvalue weighted by Gasteiger charge is -2.21. The van der Waals surface area contributed by atoms with Crippen LogP contribution < -0.4 is 10.1 Å². The van der Waals surface area contributed by atoms with Gasteiger partial charge in [0.2, 0.25) is 0 Å². The summed E-state index contributed by atoms with van der Waals surface area (Å²) in [6.45, 7) is 6.68. The molecular formula is C19H29N3O. The second kappa shape index (κ2) is 8.04. The van der Waals surface area contributed by atoms with Crippen molar-refractivity contribution in [1.29, 1.82) is 0 Å². The van der Waals surface area contributed by atoms with Crippen molar-refractivity contribution in [2.24, 2.45) is 13.0 Å². The van der Waals surface area contributed by atoms with Gasteiger partial charge in [0.25, 0.3) is 0 Å².